The summed E-state index contributed by atoms with van der Waals surface area (Å²) in [5.41, 5.74) is 5.60. The van der Waals surface area contributed by atoms with Gasteiger partial charge >= 0.3 is 0 Å². The van der Waals surface area contributed by atoms with E-state index >= 15 is 0 Å². The molecule has 16 heavy (non-hydrogen) atoms. The second-order valence-corrected chi connectivity index (χ2v) is 5.09. The molecule has 0 aromatic carbocycles. The van der Waals surface area contributed by atoms with Crippen molar-refractivity contribution < 1.29 is 4.79 Å². The number of hydrogen-bond acceptors (Lipinski definition) is 3. The standard InChI is InChI=1S/C12H27N3O/c1-9(2)11(8-13)12(16)14-10(3)6-7-15(4)5/h9-11H,6-8,13H2,1-5H3,(H,14,16). The molecule has 0 spiro atoms. The van der Waals surface area contributed by atoms with Gasteiger partial charge in [0, 0.05) is 12.6 Å². The molecule has 0 saturated heterocycles. The van der Waals surface area contributed by atoms with Gasteiger partial charge in [0.25, 0.3) is 0 Å². The maximum atomic E-state index is 11.9. The largest absolute Gasteiger partial charge is 0.353 e. The lowest BCUT2D eigenvalue weighted by atomic mass is 9.95. The molecule has 2 unspecified atom stereocenters. The van der Waals surface area contributed by atoms with E-state index in [1.807, 2.05) is 34.9 Å². The summed E-state index contributed by atoms with van der Waals surface area (Å²) in [7, 11) is 4.07. The van der Waals surface area contributed by atoms with E-state index in [2.05, 4.69) is 10.2 Å². The third-order valence-electron chi connectivity index (χ3n) is 2.79. The monoisotopic (exact) mass is 229 g/mol. The summed E-state index contributed by atoms with van der Waals surface area (Å²) in [5.74, 6) is 0.316. The van der Waals surface area contributed by atoms with Crippen molar-refractivity contribution >= 4 is 5.91 Å². The van der Waals surface area contributed by atoms with E-state index in [0.717, 1.165) is 13.0 Å². The minimum atomic E-state index is -0.0678. The normalized spacial score (nSPS) is 15.2. The zero-order chi connectivity index (χ0) is 12.7. The van der Waals surface area contributed by atoms with Crippen LogP contribution in [0.2, 0.25) is 0 Å². The van der Waals surface area contributed by atoms with Crippen LogP contribution >= 0.6 is 0 Å². The SMILES string of the molecule is CC(CCN(C)C)NC(=O)C(CN)C(C)C. The first-order chi connectivity index (χ1) is 7.38. The van der Waals surface area contributed by atoms with Crippen molar-refractivity contribution in [2.75, 3.05) is 27.2 Å². The number of nitrogens with one attached hydrogen (secondary N) is 1. The molecule has 1 amide bonds. The van der Waals surface area contributed by atoms with Crippen LogP contribution < -0.4 is 11.1 Å². The first-order valence-corrected chi connectivity index (χ1v) is 6.03. The molecule has 2 atom stereocenters. The molecular formula is C12H27N3O. The van der Waals surface area contributed by atoms with E-state index in [9.17, 15) is 4.79 Å². The molecule has 0 aliphatic heterocycles. The molecule has 96 valence electrons. The quantitative estimate of drug-likeness (QED) is 0.675. The van der Waals surface area contributed by atoms with Crippen molar-refractivity contribution in [2.24, 2.45) is 17.6 Å². The second-order valence-electron chi connectivity index (χ2n) is 5.09. The summed E-state index contributed by atoms with van der Waals surface area (Å²) in [4.78, 5) is 14.0. The van der Waals surface area contributed by atoms with Crippen molar-refractivity contribution in [3.63, 3.8) is 0 Å². The molecular weight excluding hydrogens is 202 g/mol. The Kier molecular flexibility index (Phi) is 7.34. The van der Waals surface area contributed by atoms with Gasteiger partial charge in [-0.1, -0.05) is 13.8 Å². The summed E-state index contributed by atoms with van der Waals surface area (Å²) < 4.78 is 0. The van der Waals surface area contributed by atoms with Gasteiger partial charge in [-0.15, -0.1) is 0 Å². The van der Waals surface area contributed by atoms with Crippen molar-refractivity contribution in [1.82, 2.24) is 10.2 Å². The highest BCUT2D eigenvalue weighted by atomic mass is 16.2. The Morgan fingerprint density at radius 2 is 1.88 bits per heavy atom. The van der Waals surface area contributed by atoms with Gasteiger partial charge in [-0.2, -0.15) is 0 Å². The number of nitrogens with two attached hydrogens (primary N) is 1. The third kappa shape index (κ3) is 6.08. The van der Waals surface area contributed by atoms with Crippen LogP contribution in [-0.2, 0) is 4.79 Å². The molecule has 0 heterocycles. The highest BCUT2D eigenvalue weighted by Gasteiger charge is 2.21. The van der Waals surface area contributed by atoms with Crippen LogP contribution in [-0.4, -0.2) is 44.0 Å². The average molecular weight is 229 g/mol. The van der Waals surface area contributed by atoms with Crippen molar-refractivity contribution in [3.8, 4) is 0 Å². The molecule has 0 saturated carbocycles. The van der Waals surface area contributed by atoms with Gasteiger partial charge in [0.15, 0.2) is 0 Å². The molecule has 0 aromatic heterocycles. The summed E-state index contributed by atoms with van der Waals surface area (Å²) in [6.07, 6.45) is 0.966. The van der Waals surface area contributed by atoms with Gasteiger partial charge in [0.05, 0.1) is 5.92 Å². The summed E-state index contributed by atoms with van der Waals surface area (Å²) in [6.45, 7) is 7.50. The van der Waals surface area contributed by atoms with Crippen LogP contribution in [0.25, 0.3) is 0 Å². The molecule has 0 aromatic rings. The van der Waals surface area contributed by atoms with Crippen LogP contribution in [0, 0.1) is 11.8 Å². The fraction of sp³-hybridized carbons (Fsp3) is 0.917. The zero-order valence-corrected chi connectivity index (χ0v) is 11.3. The van der Waals surface area contributed by atoms with Crippen LogP contribution in [0.15, 0.2) is 0 Å². The highest BCUT2D eigenvalue weighted by molar-refractivity contribution is 5.79. The molecule has 0 radical (unpaired) electrons. The van der Waals surface area contributed by atoms with Crippen LogP contribution in [0.3, 0.4) is 0 Å². The smallest absolute Gasteiger partial charge is 0.224 e. The number of amides is 1. The van der Waals surface area contributed by atoms with E-state index in [1.165, 1.54) is 0 Å². The molecule has 0 rings (SSSR count). The first kappa shape index (κ1) is 15.4. The topological polar surface area (TPSA) is 58.4 Å². The van der Waals surface area contributed by atoms with Crippen molar-refractivity contribution in [2.45, 2.75) is 33.2 Å². The molecule has 0 aliphatic rings. The van der Waals surface area contributed by atoms with Gasteiger partial charge in [-0.25, -0.2) is 0 Å². The Bertz CT molecular complexity index is 204. The molecule has 0 fully saturated rings. The lowest BCUT2D eigenvalue weighted by Crippen LogP contribution is -2.42. The van der Waals surface area contributed by atoms with Crippen LogP contribution in [0.4, 0.5) is 0 Å². The van der Waals surface area contributed by atoms with E-state index in [1.54, 1.807) is 0 Å². The van der Waals surface area contributed by atoms with Crippen LogP contribution in [0.1, 0.15) is 27.2 Å². The Morgan fingerprint density at radius 1 is 1.31 bits per heavy atom. The third-order valence-corrected chi connectivity index (χ3v) is 2.79. The molecule has 4 nitrogen and oxygen atoms in total. The van der Waals surface area contributed by atoms with Crippen molar-refractivity contribution in [1.29, 1.82) is 0 Å². The fourth-order valence-electron chi connectivity index (χ4n) is 1.56. The maximum Gasteiger partial charge on any atom is 0.224 e. The maximum absolute atomic E-state index is 11.9. The Balaban J connectivity index is 4.02. The minimum absolute atomic E-state index is 0.0678. The Hall–Kier alpha value is -0.610. The summed E-state index contributed by atoms with van der Waals surface area (Å²) in [6, 6.07) is 0.211. The molecule has 0 bridgehead atoms. The van der Waals surface area contributed by atoms with Gasteiger partial charge in [0.2, 0.25) is 5.91 Å². The summed E-state index contributed by atoms with van der Waals surface area (Å²) in [5, 5.41) is 3.02. The summed E-state index contributed by atoms with van der Waals surface area (Å²) >= 11 is 0. The average Bonchev–Trinajstić information content (AvgIpc) is 2.15. The van der Waals surface area contributed by atoms with E-state index in [-0.39, 0.29) is 17.9 Å². The van der Waals surface area contributed by atoms with Gasteiger partial charge < -0.3 is 16.0 Å². The zero-order valence-electron chi connectivity index (χ0n) is 11.3. The van der Waals surface area contributed by atoms with Crippen LogP contribution in [0.5, 0.6) is 0 Å². The fourth-order valence-corrected chi connectivity index (χ4v) is 1.56. The Labute approximate surface area is 99.6 Å². The van der Waals surface area contributed by atoms with Crippen molar-refractivity contribution in [3.05, 3.63) is 0 Å². The lowest BCUT2D eigenvalue weighted by Gasteiger charge is -2.22. The number of carbonyl (C=O) groups excluding carboxylic acids is 1. The number of carbonyl (C=O) groups is 1. The molecule has 4 heteroatoms. The van der Waals surface area contributed by atoms with Gasteiger partial charge in [-0.3, -0.25) is 4.79 Å². The minimum Gasteiger partial charge on any atom is -0.353 e. The first-order valence-electron chi connectivity index (χ1n) is 6.03. The highest BCUT2D eigenvalue weighted by Crippen LogP contribution is 2.09. The van der Waals surface area contributed by atoms with E-state index in [4.69, 9.17) is 5.73 Å². The molecule has 3 N–H and O–H groups in total. The molecule has 0 aliphatic carbocycles. The number of rotatable bonds is 7. The number of nitrogens with zero attached hydrogens (tertiary/aromatic N) is 1. The van der Waals surface area contributed by atoms with E-state index in [0.29, 0.717) is 12.5 Å². The predicted molar refractivity (Wildman–Crippen MR) is 68.2 cm³/mol. The second kappa shape index (κ2) is 7.63. The van der Waals surface area contributed by atoms with Gasteiger partial charge in [0.1, 0.15) is 0 Å². The lowest BCUT2D eigenvalue weighted by molar-refractivity contribution is -0.126. The number of hydrogen-bond donors (Lipinski definition) is 2. The van der Waals surface area contributed by atoms with E-state index < -0.39 is 0 Å². The van der Waals surface area contributed by atoms with Gasteiger partial charge in [-0.05, 0) is 39.9 Å². The predicted octanol–water partition coefficient (Wildman–Crippen LogP) is 0.674. The Morgan fingerprint density at radius 3 is 2.25 bits per heavy atom.